The predicted octanol–water partition coefficient (Wildman–Crippen LogP) is 1.33. The van der Waals surface area contributed by atoms with Gasteiger partial charge in [-0.1, -0.05) is 12.1 Å². The van der Waals surface area contributed by atoms with E-state index in [1.807, 2.05) is 24.3 Å². The average Bonchev–Trinajstić information content (AvgIpc) is 2.00. The Morgan fingerprint density at radius 2 is 2.00 bits per heavy atom. The van der Waals surface area contributed by atoms with E-state index < -0.39 is 0 Å². The SMILES string of the molecule is [c]1ncccccc[nH]1. The minimum Gasteiger partial charge on any atom is -0.344 e. The fourth-order valence-electron chi connectivity index (χ4n) is 0.436. The van der Waals surface area contributed by atoms with E-state index in [1.165, 1.54) is 0 Å². The molecule has 1 rings (SSSR count). The predicted molar refractivity (Wildman–Crippen MR) is 35.1 cm³/mol. The Hall–Kier alpha value is -1.31. The first-order chi connectivity index (χ1) is 4.50. The van der Waals surface area contributed by atoms with Gasteiger partial charge >= 0.3 is 0 Å². The average molecular weight is 119 g/mol. The van der Waals surface area contributed by atoms with Gasteiger partial charge in [0, 0.05) is 12.4 Å². The molecule has 0 saturated heterocycles. The van der Waals surface area contributed by atoms with Gasteiger partial charge in [0.1, 0.15) is 0 Å². The van der Waals surface area contributed by atoms with Crippen molar-refractivity contribution in [3.8, 4) is 0 Å². The molecule has 0 unspecified atom stereocenters. The summed E-state index contributed by atoms with van der Waals surface area (Å²) in [7, 11) is 0. The fourth-order valence-corrected chi connectivity index (χ4v) is 0.436. The van der Waals surface area contributed by atoms with Gasteiger partial charge in [-0.05, 0) is 12.1 Å². The Morgan fingerprint density at radius 3 is 3.00 bits per heavy atom. The van der Waals surface area contributed by atoms with Crippen molar-refractivity contribution in [3.05, 3.63) is 43.0 Å². The van der Waals surface area contributed by atoms with Crippen LogP contribution in [0.25, 0.3) is 0 Å². The van der Waals surface area contributed by atoms with Gasteiger partial charge in [0.05, 0.1) is 0 Å². The monoisotopic (exact) mass is 119 g/mol. The normalized spacial score (nSPS) is 8.00. The first-order valence-electron chi connectivity index (χ1n) is 2.69. The topological polar surface area (TPSA) is 28.7 Å². The quantitative estimate of drug-likeness (QED) is 0.548. The molecule has 0 saturated carbocycles. The van der Waals surface area contributed by atoms with E-state index in [2.05, 4.69) is 16.3 Å². The van der Waals surface area contributed by atoms with Crippen LogP contribution in [0, 0.1) is 6.33 Å². The molecule has 0 aliphatic rings. The molecule has 2 heteroatoms. The van der Waals surface area contributed by atoms with Crippen LogP contribution in [0.3, 0.4) is 0 Å². The lowest BCUT2D eigenvalue weighted by Gasteiger charge is -1.63. The molecule has 0 aromatic carbocycles. The van der Waals surface area contributed by atoms with E-state index in [-0.39, 0.29) is 0 Å². The summed E-state index contributed by atoms with van der Waals surface area (Å²) >= 11 is 0. The highest BCUT2D eigenvalue weighted by molar-refractivity contribution is 4.88. The van der Waals surface area contributed by atoms with E-state index >= 15 is 0 Å². The molecule has 0 spiro atoms. The Kier molecular flexibility index (Phi) is 2.37. The summed E-state index contributed by atoms with van der Waals surface area (Å²) in [5.41, 5.74) is 0. The number of H-pyrrole nitrogens is 1. The second-order valence-corrected chi connectivity index (χ2v) is 1.47. The van der Waals surface area contributed by atoms with Gasteiger partial charge in [0.15, 0.2) is 6.33 Å². The highest BCUT2D eigenvalue weighted by atomic mass is 14.8. The van der Waals surface area contributed by atoms with Crippen LogP contribution in [0.4, 0.5) is 0 Å². The summed E-state index contributed by atoms with van der Waals surface area (Å²) in [6.45, 7) is 0. The van der Waals surface area contributed by atoms with Crippen molar-refractivity contribution in [2.45, 2.75) is 0 Å². The maximum Gasteiger partial charge on any atom is 0.173 e. The zero-order valence-electron chi connectivity index (χ0n) is 4.91. The van der Waals surface area contributed by atoms with Gasteiger partial charge in [-0.15, -0.1) is 0 Å². The van der Waals surface area contributed by atoms with Gasteiger partial charge in [-0.3, -0.25) is 0 Å². The summed E-state index contributed by atoms with van der Waals surface area (Å²) in [6, 6.07) is 7.52. The van der Waals surface area contributed by atoms with E-state index in [0.29, 0.717) is 0 Å². The van der Waals surface area contributed by atoms with Crippen molar-refractivity contribution in [2.75, 3.05) is 0 Å². The van der Waals surface area contributed by atoms with Crippen LogP contribution in [0.1, 0.15) is 0 Å². The van der Waals surface area contributed by atoms with Gasteiger partial charge in [-0.25, -0.2) is 4.98 Å². The van der Waals surface area contributed by atoms with Crippen LogP contribution in [0.5, 0.6) is 0 Å². The molecule has 9 heavy (non-hydrogen) atoms. The number of aromatic amines is 1. The molecule has 0 atom stereocenters. The van der Waals surface area contributed by atoms with Gasteiger partial charge in [0.2, 0.25) is 0 Å². The highest BCUT2D eigenvalue weighted by Gasteiger charge is 1.58. The molecule has 1 radical (unpaired) electrons. The third-order valence-electron chi connectivity index (χ3n) is 0.803. The van der Waals surface area contributed by atoms with Crippen LogP contribution in [-0.4, -0.2) is 9.97 Å². The maximum atomic E-state index is 3.75. The van der Waals surface area contributed by atoms with Crippen LogP contribution >= 0.6 is 0 Å². The van der Waals surface area contributed by atoms with Crippen molar-refractivity contribution in [1.82, 2.24) is 9.97 Å². The Balaban J connectivity index is 3.04. The van der Waals surface area contributed by atoms with E-state index in [9.17, 15) is 0 Å². The second-order valence-electron chi connectivity index (χ2n) is 1.47. The molecule has 1 aromatic heterocycles. The van der Waals surface area contributed by atoms with Crippen LogP contribution in [0.15, 0.2) is 36.7 Å². The van der Waals surface area contributed by atoms with Crippen molar-refractivity contribution >= 4 is 0 Å². The van der Waals surface area contributed by atoms with Crippen molar-refractivity contribution in [1.29, 1.82) is 0 Å². The number of nitrogens with zero attached hydrogens (tertiary/aromatic N) is 1. The van der Waals surface area contributed by atoms with E-state index in [1.54, 1.807) is 12.4 Å². The summed E-state index contributed by atoms with van der Waals surface area (Å²) < 4.78 is 0. The number of nitrogens with one attached hydrogen (secondary N) is 1. The molecule has 0 aliphatic carbocycles. The molecule has 0 aliphatic heterocycles. The summed E-state index contributed by atoms with van der Waals surface area (Å²) in [5, 5.41) is 0. The zero-order valence-corrected chi connectivity index (χ0v) is 4.91. The number of aromatic nitrogens is 2. The Labute approximate surface area is 53.9 Å². The molecule has 2 nitrogen and oxygen atoms in total. The van der Waals surface area contributed by atoms with Gasteiger partial charge in [-0.2, -0.15) is 0 Å². The zero-order chi connectivity index (χ0) is 6.36. The second kappa shape index (κ2) is 3.66. The number of hydrogen-bond donors (Lipinski definition) is 1. The third kappa shape index (κ3) is 2.49. The standard InChI is InChI=1S/C7H7N2/c1-2-4-6-9-7-8-5-3-1/h1-6H,(H,8,9). The van der Waals surface area contributed by atoms with Crippen molar-refractivity contribution < 1.29 is 0 Å². The lowest BCUT2D eigenvalue weighted by molar-refractivity contribution is 1.19. The fraction of sp³-hybridized carbons (Fsp3) is 0. The maximum absolute atomic E-state index is 3.75. The van der Waals surface area contributed by atoms with Crippen molar-refractivity contribution in [3.63, 3.8) is 0 Å². The van der Waals surface area contributed by atoms with Gasteiger partial charge < -0.3 is 4.98 Å². The first-order valence-corrected chi connectivity index (χ1v) is 2.69. The summed E-state index contributed by atoms with van der Waals surface area (Å²) in [4.78, 5) is 6.47. The minimum absolute atomic E-state index is 1.66. The third-order valence-corrected chi connectivity index (χ3v) is 0.803. The Bertz CT molecular complexity index is 129. The smallest absolute Gasteiger partial charge is 0.173 e. The minimum atomic E-state index is 1.66. The molecule has 1 heterocycles. The molecular formula is C7H7N2. The highest BCUT2D eigenvalue weighted by Crippen LogP contribution is 1.72. The molecule has 1 aromatic rings. The Morgan fingerprint density at radius 1 is 1.11 bits per heavy atom. The van der Waals surface area contributed by atoms with Crippen LogP contribution < -0.4 is 0 Å². The lowest BCUT2D eigenvalue weighted by Crippen LogP contribution is -1.61. The summed E-state index contributed by atoms with van der Waals surface area (Å²) in [6.07, 6.45) is 6.01. The molecule has 0 bridgehead atoms. The van der Waals surface area contributed by atoms with E-state index in [0.717, 1.165) is 0 Å². The van der Waals surface area contributed by atoms with Crippen molar-refractivity contribution in [2.24, 2.45) is 0 Å². The molecule has 45 valence electrons. The number of rotatable bonds is 0. The van der Waals surface area contributed by atoms with Crippen LogP contribution in [-0.2, 0) is 0 Å². The number of hydrogen-bond acceptors (Lipinski definition) is 1. The van der Waals surface area contributed by atoms with E-state index in [4.69, 9.17) is 0 Å². The molecule has 0 amide bonds. The lowest BCUT2D eigenvalue weighted by atomic mass is 10.5. The molecular weight excluding hydrogens is 112 g/mol. The molecule has 1 N–H and O–H groups in total. The largest absolute Gasteiger partial charge is 0.344 e. The molecule has 0 fully saturated rings. The first kappa shape index (κ1) is 5.82. The summed E-state index contributed by atoms with van der Waals surface area (Å²) in [5.74, 6) is 0. The van der Waals surface area contributed by atoms with Gasteiger partial charge in [0.25, 0.3) is 0 Å². The van der Waals surface area contributed by atoms with Crippen LogP contribution in [0.2, 0.25) is 0 Å².